The minimum absolute atomic E-state index is 0.0194. The van der Waals surface area contributed by atoms with Gasteiger partial charge in [-0.15, -0.1) is 0 Å². The molecule has 0 unspecified atom stereocenters. The van der Waals surface area contributed by atoms with E-state index in [9.17, 15) is 22.4 Å². The summed E-state index contributed by atoms with van der Waals surface area (Å²) in [4.78, 5) is 28.3. The van der Waals surface area contributed by atoms with Gasteiger partial charge in [-0.1, -0.05) is 19.1 Å². The van der Waals surface area contributed by atoms with Gasteiger partial charge in [0.05, 0.1) is 31.9 Å². The Balaban J connectivity index is 2.06. The first kappa shape index (κ1) is 33.2. The molecule has 0 fully saturated rings. The summed E-state index contributed by atoms with van der Waals surface area (Å²) in [5, 5.41) is 2.89. The first-order valence-corrected chi connectivity index (χ1v) is 15.1. The quantitative estimate of drug-likeness (QED) is 0.286. The fourth-order valence-corrected chi connectivity index (χ4v) is 5.65. The Morgan fingerprint density at radius 2 is 1.51 bits per heavy atom. The van der Waals surface area contributed by atoms with Gasteiger partial charge in [-0.2, -0.15) is 0 Å². The number of nitrogens with one attached hydrogen (secondary N) is 1. The number of halogens is 1. The topological polar surface area (TPSA) is 114 Å². The van der Waals surface area contributed by atoms with Crippen molar-refractivity contribution in [1.29, 1.82) is 0 Å². The zero-order valence-corrected chi connectivity index (χ0v) is 26.0. The van der Waals surface area contributed by atoms with Gasteiger partial charge >= 0.3 is 0 Å². The van der Waals surface area contributed by atoms with E-state index in [0.29, 0.717) is 23.5 Å². The molecule has 0 aliphatic rings. The average molecular weight is 616 g/mol. The van der Waals surface area contributed by atoms with E-state index in [1.165, 1.54) is 56.6 Å². The molecule has 0 aliphatic heterocycles. The Morgan fingerprint density at radius 3 is 2.07 bits per heavy atom. The van der Waals surface area contributed by atoms with E-state index in [1.54, 1.807) is 31.2 Å². The van der Waals surface area contributed by atoms with Crippen molar-refractivity contribution in [3.63, 3.8) is 0 Å². The van der Waals surface area contributed by atoms with Crippen LogP contribution in [0.4, 0.5) is 10.1 Å². The number of ether oxygens (including phenoxy) is 3. The van der Waals surface area contributed by atoms with Crippen LogP contribution in [0.15, 0.2) is 71.6 Å². The number of benzene rings is 3. The minimum atomic E-state index is -4.39. The van der Waals surface area contributed by atoms with Gasteiger partial charge in [0.15, 0.2) is 11.5 Å². The predicted molar refractivity (Wildman–Crippen MR) is 161 cm³/mol. The average Bonchev–Trinajstić information content (AvgIpc) is 3.02. The highest BCUT2D eigenvalue weighted by Gasteiger charge is 2.33. The zero-order chi connectivity index (χ0) is 31.7. The summed E-state index contributed by atoms with van der Waals surface area (Å²) >= 11 is 0. The van der Waals surface area contributed by atoms with Gasteiger partial charge in [0.2, 0.25) is 11.8 Å². The van der Waals surface area contributed by atoms with Crippen molar-refractivity contribution < 1.29 is 36.6 Å². The lowest BCUT2D eigenvalue weighted by Crippen LogP contribution is -2.52. The third-order valence-corrected chi connectivity index (χ3v) is 8.79. The van der Waals surface area contributed by atoms with Gasteiger partial charge in [-0.05, 0) is 74.4 Å². The predicted octanol–water partition coefficient (Wildman–Crippen LogP) is 4.38. The Kier molecular flexibility index (Phi) is 11.4. The van der Waals surface area contributed by atoms with E-state index < -0.39 is 34.3 Å². The number of methoxy groups -OCH3 is 3. The molecule has 0 heterocycles. The Bertz CT molecular complexity index is 1500. The fraction of sp³-hybridized carbons (Fsp3) is 0.355. The molecule has 0 radical (unpaired) electrons. The second-order valence-corrected chi connectivity index (χ2v) is 11.7. The molecule has 0 aliphatic carbocycles. The van der Waals surface area contributed by atoms with Crippen LogP contribution in [-0.2, 0) is 26.2 Å². The first-order valence-electron chi connectivity index (χ1n) is 13.7. The number of anilines is 1. The maximum Gasteiger partial charge on any atom is 0.264 e. The van der Waals surface area contributed by atoms with E-state index in [2.05, 4.69) is 5.32 Å². The zero-order valence-electron chi connectivity index (χ0n) is 25.2. The normalized spacial score (nSPS) is 12.5. The lowest BCUT2D eigenvalue weighted by Gasteiger charge is -2.32. The van der Waals surface area contributed by atoms with Crippen molar-refractivity contribution in [1.82, 2.24) is 10.2 Å². The Labute approximate surface area is 252 Å². The molecule has 3 aromatic rings. The number of hydrogen-bond acceptors (Lipinski definition) is 7. The van der Waals surface area contributed by atoms with Crippen LogP contribution in [0.25, 0.3) is 0 Å². The number of hydrogen-bond donors (Lipinski definition) is 1. The number of carbonyl (C=O) groups excluding carboxylic acids is 2. The van der Waals surface area contributed by atoms with Crippen molar-refractivity contribution in [2.75, 3.05) is 32.2 Å². The largest absolute Gasteiger partial charge is 0.497 e. The van der Waals surface area contributed by atoms with E-state index in [4.69, 9.17) is 14.2 Å². The van der Waals surface area contributed by atoms with E-state index in [0.717, 1.165) is 16.4 Å². The fourth-order valence-electron chi connectivity index (χ4n) is 4.22. The molecule has 3 rings (SSSR count). The van der Waals surface area contributed by atoms with Gasteiger partial charge in [-0.25, -0.2) is 12.8 Å². The first-order chi connectivity index (χ1) is 20.4. The smallest absolute Gasteiger partial charge is 0.264 e. The lowest BCUT2D eigenvalue weighted by atomic mass is 10.1. The van der Waals surface area contributed by atoms with Gasteiger partial charge in [-0.3, -0.25) is 13.9 Å². The lowest BCUT2D eigenvalue weighted by molar-refractivity contribution is -0.139. The maximum atomic E-state index is 14.0. The summed E-state index contributed by atoms with van der Waals surface area (Å²) in [5.41, 5.74) is 0.763. The van der Waals surface area contributed by atoms with Crippen LogP contribution in [0.1, 0.15) is 32.8 Å². The highest BCUT2D eigenvalue weighted by Crippen LogP contribution is 2.32. The van der Waals surface area contributed by atoms with Gasteiger partial charge < -0.3 is 24.4 Å². The Morgan fingerprint density at radius 1 is 0.884 bits per heavy atom. The molecule has 232 valence electrons. The van der Waals surface area contributed by atoms with Gasteiger partial charge in [0.25, 0.3) is 10.0 Å². The van der Waals surface area contributed by atoms with E-state index in [-0.39, 0.29) is 34.8 Å². The van der Waals surface area contributed by atoms with Gasteiger partial charge in [0, 0.05) is 18.7 Å². The van der Waals surface area contributed by atoms with Crippen molar-refractivity contribution in [3.05, 3.63) is 78.1 Å². The molecule has 0 saturated heterocycles. The van der Waals surface area contributed by atoms with Crippen molar-refractivity contribution in [3.8, 4) is 17.2 Å². The van der Waals surface area contributed by atoms with Crippen molar-refractivity contribution in [2.24, 2.45) is 0 Å². The highest BCUT2D eigenvalue weighted by molar-refractivity contribution is 7.92. The third-order valence-electron chi connectivity index (χ3n) is 7.02. The van der Waals surface area contributed by atoms with Crippen LogP contribution >= 0.6 is 0 Å². The molecule has 0 aromatic heterocycles. The molecule has 2 amide bonds. The number of sulfonamides is 1. The molecular weight excluding hydrogens is 577 g/mol. The second-order valence-electron chi connectivity index (χ2n) is 9.87. The number of nitrogens with zero attached hydrogens (tertiary/aromatic N) is 2. The summed E-state index contributed by atoms with van der Waals surface area (Å²) in [6.45, 7) is 4.72. The molecule has 10 nitrogen and oxygen atoms in total. The molecule has 0 spiro atoms. The van der Waals surface area contributed by atoms with Crippen LogP contribution in [0.2, 0.25) is 0 Å². The maximum absolute atomic E-state index is 14.0. The summed E-state index contributed by atoms with van der Waals surface area (Å²) in [7, 11) is -0.0609. The van der Waals surface area contributed by atoms with E-state index in [1.807, 2.05) is 13.8 Å². The van der Waals surface area contributed by atoms with Crippen LogP contribution in [0.3, 0.4) is 0 Å². The highest BCUT2D eigenvalue weighted by atomic mass is 32.2. The molecule has 0 bridgehead atoms. The molecule has 1 N–H and O–H groups in total. The number of amides is 2. The third kappa shape index (κ3) is 8.16. The summed E-state index contributed by atoms with van der Waals surface area (Å²) in [6, 6.07) is 14.7. The summed E-state index contributed by atoms with van der Waals surface area (Å²) in [5.74, 6) is -0.492. The van der Waals surface area contributed by atoms with Crippen molar-refractivity contribution >= 4 is 27.5 Å². The molecule has 2 atom stereocenters. The molecule has 3 aromatic carbocycles. The van der Waals surface area contributed by atoms with Crippen LogP contribution < -0.4 is 23.8 Å². The second kappa shape index (κ2) is 14.7. The van der Waals surface area contributed by atoms with Crippen LogP contribution in [0.5, 0.6) is 17.2 Å². The standard InChI is InChI=1S/C31H38FN3O7S/c1-7-21(2)33-31(37)22(3)34(19-23-8-14-26(40-4)15-9-23)30(36)20-35(25-12-10-24(32)11-13-25)43(38,39)27-16-17-28(41-5)29(18-27)42-6/h8-18,21-22H,7,19-20H2,1-6H3,(H,33,37)/t21-,22-/m0/s1. The SMILES string of the molecule is CC[C@H](C)NC(=O)[C@H](C)N(Cc1ccc(OC)cc1)C(=O)CN(c1ccc(F)cc1)S(=O)(=O)c1ccc(OC)c(OC)c1. The number of carbonyl (C=O) groups is 2. The van der Waals surface area contributed by atoms with Crippen LogP contribution in [-0.4, -0.2) is 65.1 Å². The molecule has 43 heavy (non-hydrogen) atoms. The molecule has 0 saturated carbocycles. The summed E-state index contributed by atoms with van der Waals surface area (Å²) < 4.78 is 58.5. The van der Waals surface area contributed by atoms with Crippen LogP contribution in [0, 0.1) is 5.82 Å². The monoisotopic (exact) mass is 615 g/mol. The molecular formula is C31H38FN3O7S. The minimum Gasteiger partial charge on any atom is -0.497 e. The van der Waals surface area contributed by atoms with Gasteiger partial charge in [0.1, 0.15) is 24.2 Å². The van der Waals surface area contributed by atoms with E-state index >= 15 is 0 Å². The number of rotatable bonds is 14. The molecule has 12 heteroatoms. The summed E-state index contributed by atoms with van der Waals surface area (Å²) in [6.07, 6.45) is 0.687. The van der Waals surface area contributed by atoms with Crippen molar-refractivity contribution in [2.45, 2.75) is 50.7 Å². The Hall–Kier alpha value is -4.32.